The van der Waals surface area contributed by atoms with Crippen molar-refractivity contribution in [3.63, 3.8) is 0 Å². The maximum absolute atomic E-state index is 13.5. The Hall–Kier alpha value is -3.93. The molecule has 44 heavy (non-hydrogen) atoms. The number of likely N-dealkylation sites (N-methyl/N-ethyl adjacent to an activating group) is 1. The maximum Gasteiger partial charge on any atom is 0.389 e. The normalized spacial score (nSPS) is 21.5. The Morgan fingerprint density at radius 1 is 1.00 bits per heavy atom. The zero-order chi connectivity index (χ0) is 30.8. The number of anilines is 2. The van der Waals surface area contributed by atoms with Crippen LogP contribution in [0.1, 0.15) is 67.3 Å². The van der Waals surface area contributed by atoms with Crippen molar-refractivity contribution in [3.8, 4) is 0 Å². The molecule has 234 valence electrons. The van der Waals surface area contributed by atoms with Crippen LogP contribution in [-0.4, -0.2) is 92.6 Å². The lowest BCUT2D eigenvalue weighted by atomic mass is 9.94. The van der Waals surface area contributed by atoms with Crippen LogP contribution in [0.5, 0.6) is 0 Å². The molecule has 2 atom stereocenters. The Labute approximate surface area is 254 Å². The summed E-state index contributed by atoms with van der Waals surface area (Å²) in [6, 6.07) is 11.9. The van der Waals surface area contributed by atoms with Crippen molar-refractivity contribution in [1.82, 2.24) is 29.3 Å². The molecule has 0 radical (unpaired) electrons. The van der Waals surface area contributed by atoms with Crippen molar-refractivity contribution >= 4 is 34.7 Å². The first kappa shape index (κ1) is 30.1. The largest absolute Gasteiger partial charge is 0.389 e. The summed E-state index contributed by atoms with van der Waals surface area (Å²) in [6.45, 7) is 2.49. The topological polar surface area (TPSA) is 86.1 Å². The molecule has 2 amide bonds. The lowest BCUT2D eigenvalue weighted by Gasteiger charge is -2.40. The number of likely N-dealkylation sites (tertiary alicyclic amines) is 2. The van der Waals surface area contributed by atoms with Crippen molar-refractivity contribution in [2.24, 2.45) is 0 Å². The van der Waals surface area contributed by atoms with E-state index in [4.69, 9.17) is 4.98 Å². The number of carbonyl (C=O) groups excluding carboxylic acids is 2. The first-order valence-electron chi connectivity index (χ1n) is 15.4. The fourth-order valence-electron chi connectivity index (χ4n) is 6.78. The third-order valence-electron chi connectivity index (χ3n) is 9.11. The van der Waals surface area contributed by atoms with Crippen LogP contribution in [0.4, 0.5) is 24.8 Å². The molecule has 3 aliphatic heterocycles. The number of carbonyl (C=O) groups is 2. The highest BCUT2D eigenvalue weighted by Crippen LogP contribution is 2.31. The number of amides is 2. The van der Waals surface area contributed by atoms with Gasteiger partial charge in [-0.25, -0.2) is 4.52 Å². The average Bonchev–Trinajstić information content (AvgIpc) is 3.67. The van der Waals surface area contributed by atoms with Gasteiger partial charge in [0.2, 0.25) is 11.9 Å². The molecule has 0 spiro atoms. The Kier molecular flexibility index (Phi) is 8.61. The van der Waals surface area contributed by atoms with Crippen LogP contribution < -0.4 is 5.32 Å². The minimum Gasteiger partial charge on any atom is -0.339 e. The molecule has 6 rings (SSSR count). The first-order valence-corrected chi connectivity index (χ1v) is 15.4. The number of fused-ring (bicyclic) bond motifs is 1. The molecule has 0 saturated carbocycles. The van der Waals surface area contributed by atoms with Crippen molar-refractivity contribution in [3.05, 3.63) is 59.8 Å². The molecule has 2 unspecified atom stereocenters. The van der Waals surface area contributed by atoms with Gasteiger partial charge >= 0.3 is 6.18 Å². The summed E-state index contributed by atoms with van der Waals surface area (Å²) in [6.07, 6.45) is 3.87. The standard InChI is InChI=1S/C32H38F3N7O2/c1-39-17-3-2-7-26(39)27-8-5-18-41(27)30(44)23-9-11-24(12-10-23)36-31-37-29-25(6-4-19-42(29)38-31)22-14-20-40(21-15-22)28(43)13-16-32(33,34)35/h4,6,9-12,14,19,26-27H,2-3,5,7-8,13,15-18,20-21H2,1H3,(H,36,38). The van der Waals surface area contributed by atoms with Gasteiger partial charge in [0.05, 0.1) is 6.42 Å². The third-order valence-corrected chi connectivity index (χ3v) is 9.11. The Balaban J connectivity index is 1.11. The molecule has 5 heterocycles. The first-order chi connectivity index (χ1) is 21.2. The molecule has 0 bridgehead atoms. The molecule has 2 aromatic heterocycles. The lowest BCUT2D eigenvalue weighted by molar-refractivity contribution is -0.148. The van der Waals surface area contributed by atoms with E-state index in [2.05, 4.69) is 27.3 Å². The van der Waals surface area contributed by atoms with E-state index in [1.54, 1.807) is 10.7 Å². The minimum atomic E-state index is -4.34. The third kappa shape index (κ3) is 6.59. The maximum atomic E-state index is 13.5. The number of rotatable bonds is 7. The van der Waals surface area contributed by atoms with Crippen LogP contribution in [0.2, 0.25) is 0 Å². The second-order valence-corrected chi connectivity index (χ2v) is 12.0. The SMILES string of the molecule is CN1CCCCC1C1CCCN1C(=O)c1ccc(Nc2nc3c(C4=CCN(C(=O)CCC(F)(F)F)CC4)cccn3n2)cc1. The van der Waals surface area contributed by atoms with Gasteiger partial charge in [0, 0.05) is 61.1 Å². The van der Waals surface area contributed by atoms with Gasteiger partial charge in [-0.3, -0.25) is 9.59 Å². The smallest absolute Gasteiger partial charge is 0.339 e. The number of hydrogen-bond acceptors (Lipinski definition) is 6. The molecule has 2 fully saturated rings. The number of halogens is 3. The van der Waals surface area contributed by atoms with Gasteiger partial charge in [0.1, 0.15) is 0 Å². The molecule has 1 N–H and O–H groups in total. The molecule has 0 aliphatic carbocycles. The zero-order valence-corrected chi connectivity index (χ0v) is 24.9. The predicted molar refractivity (Wildman–Crippen MR) is 162 cm³/mol. The Morgan fingerprint density at radius 2 is 1.80 bits per heavy atom. The summed E-state index contributed by atoms with van der Waals surface area (Å²) < 4.78 is 39.2. The van der Waals surface area contributed by atoms with Crippen LogP contribution in [0.3, 0.4) is 0 Å². The van der Waals surface area contributed by atoms with Gasteiger partial charge in [0.25, 0.3) is 5.91 Å². The number of aromatic nitrogens is 3. The highest BCUT2D eigenvalue weighted by molar-refractivity contribution is 5.95. The number of piperidine rings is 1. The van der Waals surface area contributed by atoms with Gasteiger partial charge in [-0.2, -0.15) is 18.2 Å². The Bertz CT molecular complexity index is 1530. The van der Waals surface area contributed by atoms with Gasteiger partial charge in [-0.1, -0.05) is 12.5 Å². The summed E-state index contributed by atoms with van der Waals surface area (Å²) in [4.78, 5) is 36.4. The van der Waals surface area contributed by atoms with E-state index in [9.17, 15) is 22.8 Å². The van der Waals surface area contributed by atoms with Crippen LogP contribution in [0.15, 0.2) is 48.7 Å². The van der Waals surface area contributed by atoms with Crippen molar-refractivity contribution < 1.29 is 22.8 Å². The van der Waals surface area contributed by atoms with E-state index >= 15 is 0 Å². The highest BCUT2D eigenvalue weighted by atomic mass is 19.4. The summed E-state index contributed by atoms with van der Waals surface area (Å²) in [7, 11) is 2.18. The van der Waals surface area contributed by atoms with Gasteiger partial charge in [-0.05, 0) is 87.7 Å². The second-order valence-electron chi connectivity index (χ2n) is 12.0. The molecule has 3 aliphatic rings. The molecule has 2 saturated heterocycles. The quantitative estimate of drug-likeness (QED) is 0.380. The summed E-state index contributed by atoms with van der Waals surface area (Å²) >= 11 is 0. The van der Waals surface area contributed by atoms with E-state index in [-0.39, 0.29) is 18.5 Å². The summed E-state index contributed by atoms with van der Waals surface area (Å²) in [5, 5.41) is 7.79. The number of pyridine rings is 1. The molecule has 9 nitrogen and oxygen atoms in total. The molecule has 12 heteroatoms. The summed E-state index contributed by atoms with van der Waals surface area (Å²) in [5.41, 5.74) is 3.89. The second kappa shape index (κ2) is 12.6. The molecular weight excluding hydrogens is 571 g/mol. The fourth-order valence-corrected chi connectivity index (χ4v) is 6.78. The highest BCUT2D eigenvalue weighted by Gasteiger charge is 2.37. The Morgan fingerprint density at radius 3 is 2.52 bits per heavy atom. The molecule has 3 aromatic rings. The van der Waals surface area contributed by atoms with Crippen LogP contribution in [0.25, 0.3) is 11.2 Å². The molecule has 1 aromatic carbocycles. The van der Waals surface area contributed by atoms with Crippen LogP contribution in [-0.2, 0) is 4.79 Å². The van der Waals surface area contributed by atoms with E-state index < -0.39 is 24.9 Å². The fraction of sp³-hybridized carbons (Fsp3) is 0.500. The van der Waals surface area contributed by atoms with Crippen molar-refractivity contribution in [1.29, 1.82) is 0 Å². The number of alkyl halides is 3. The van der Waals surface area contributed by atoms with E-state index in [0.29, 0.717) is 36.2 Å². The summed E-state index contributed by atoms with van der Waals surface area (Å²) in [5.74, 6) is -0.0127. The van der Waals surface area contributed by atoms with E-state index in [0.717, 1.165) is 49.2 Å². The number of nitrogens with one attached hydrogen (secondary N) is 1. The number of benzene rings is 1. The van der Waals surface area contributed by atoms with E-state index in [1.807, 2.05) is 42.5 Å². The number of hydrogen-bond donors (Lipinski definition) is 1. The zero-order valence-electron chi connectivity index (χ0n) is 24.9. The van der Waals surface area contributed by atoms with E-state index in [1.165, 1.54) is 17.7 Å². The van der Waals surface area contributed by atoms with Crippen molar-refractivity contribution in [2.45, 2.75) is 69.6 Å². The monoisotopic (exact) mass is 609 g/mol. The average molecular weight is 610 g/mol. The van der Waals surface area contributed by atoms with Gasteiger partial charge in [-0.15, -0.1) is 5.10 Å². The van der Waals surface area contributed by atoms with Crippen molar-refractivity contribution in [2.75, 3.05) is 38.5 Å². The minimum absolute atomic E-state index is 0.0786. The van der Waals surface area contributed by atoms with Crippen LogP contribution >= 0.6 is 0 Å². The van der Waals surface area contributed by atoms with Gasteiger partial charge < -0.3 is 20.0 Å². The lowest BCUT2D eigenvalue weighted by Crippen LogP contribution is -2.51. The number of nitrogens with zero attached hydrogens (tertiary/aromatic N) is 6. The predicted octanol–water partition coefficient (Wildman–Crippen LogP) is 5.52. The van der Waals surface area contributed by atoms with Gasteiger partial charge in [0.15, 0.2) is 5.65 Å². The van der Waals surface area contributed by atoms with Crippen LogP contribution in [0, 0.1) is 0 Å². The molecular formula is C32H38F3N7O2.